The van der Waals surface area contributed by atoms with Crippen LogP contribution in [0.5, 0.6) is 0 Å². The molecule has 122 valence electrons. The van der Waals surface area contributed by atoms with E-state index < -0.39 is 0 Å². The van der Waals surface area contributed by atoms with Gasteiger partial charge in [-0.1, -0.05) is 18.5 Å². The third kappa shape index (κ3) is 3.20. The first-order valence-corrected chi connectivity index (χ1v) is 8.02. The average Bonchev–Trinajstić information content (AvgIpc) is 3.08. The second-order valence-electron chi connectivity index (χ2n) is 5.94. The average molecular weight is 335 g/mol. The van der Waals surface area contributed by atoms with Crippen LogP contribution in [0, 0.1) is 5.92 Å². The van der Waals surface area contributed by atoms with E-state index in [-0.39, 0.29) is 11.9 Å². The quantitative estimate of drug-likeness (QED) is 0.919. The number of likely N-dealkylation sites (tertiary alicyclic amines) is 1. The Hall–Kier alpha value is -1.99. The van der Waals surface area contributed by atoms with Gasteiger partial charge in [0.2, 0.25) is 0 Å². The number of hydrogen-bond acceptors (Lipinski definition) is 5. The SMILES string of the molecule is CC1CCN(C(=O)c2ccc(-n3cnnn3)cc2Cl)C(CN)C1. The number of piperidine rings is 1. The first-order chi connectivity index (χ1) is 11.1. The fourth-order valence-corrected chi connectivity index (χ4v) is 3.25. The van der Waals surface area contributed by atoms with E-state index >= 15 is 0 Å². The molecule has 23 heavy (non-hydrogen) atoms. The summed E-state index contributed by atoms with van der Waals surface area (Å²) < 4.78 is 1.49. The molecule has 7 nitrogen and oxygen atoms in total. The summed E-state index contributed by atoms with van der Waals surface area (Å²) in [6.07, 6.45) is 3.40. The Morgan fingerprint density at radius 1 is 1.48 bits per heavy atom. The summed E-state index contributed by atoms with van der Waals surface area (Å²) in [5, 5.41) is 11.4. The van der Waals surface area contributed by atoms with Crippen molar-refractivity contribution < 1.29 is 4.79 Å². The van der Waals surface area contributed by atoms with Crippen molar-refractivity contribution in [3.63, 3.8) is 0 Å². The minimum atomic E-state index is -0.0689. The normalized spacial score (nSPS) is 21.4. The summed E-state index contributed by atoms with van der Waals surface area (Å²) in [6.45, 7) is 3.38. The summed E-state index contributed by atoms with van der Waals surface area (Å²) >= 11 is 6.32. The lowest BCUT2D eigenvalue weighted by molar-refractivity contribution is 0.0574. The zero-order chi connectivity index (χ0) is 16.4. The standard InChI is InChI=1S/C15H19ClN6O/c1-10-4-5-21(12(6-10)8-17)15(23)13-3-2-11(7-14(13)16)22-9-18-19-20-22/h2-3,7,9-10,12H,4-6,8,17H2,1H3. The maximum Gasteiger partial charge on any atom is 0.255 e. The van der Waals surface area contributed by atoms with Crippen molar-refractivity contribution in [1.82, 2.24) is 25.1 Å². The van der Waals surface area contributed by atoms with Gasteiger partial charge < -0.3 is 10.6 Å². The lowest BCUT2D eigenvalue weighted by Gasteiger charge is -2.38. The fraction of sp³-hybridized carbons (Fsp3) is 0.467. The molecule has 8 heteroatoms. The molecule has 2 unspecified atom stereocenters. The molecular weight excluding hydrogens is 316 g/mol. The van der Waals surface area contributed by atoms with E-state index in [0.29, 0.717) is 35.3 Å². The number of amides is 1. The van der Waals surface area contributed by atoms with Gasteiger partial charge >= 0.3 is 0 Å². The predicted molar refractivity (Wildman–Crippen MR) is 86.4 cm³/mol. The van der Waals surface area contributed by atoms with E-state index in [1.54, 1.807) is 18.2 Å². The molecule has 1 amide bonds. The van der Waals surface area contributed by atoms with Crippen LogP contribution in [0.15, 0.2) is 24.5 Å². The molecule has 2 aromatic rings. The molecule has 3 rings (SSSR count). The number of nitrogens with zero attached hydrogens (tertiary/aromatic N) is 5. The number of rotatable bonds is 3. The van der Waals surface area contributed by atoms with Crippen molar-refractivity contribution in [2.75, 3.05) is 13.1 Å². The monoisotopic (exact) mass is 334 g/mol. The first-order valence-electron chi connectivity index (χ1n) is 7.64. The van der Waals surface area contributed by atoms with Gasteiger partial charge in [0.15, 0.2) is 0 Å². The minimum absolute atomic E-state index is 0.0689. The summed E-state index contributed by atoms with van der Waals surface area (Å²) in [6, 6.07) is 5.25. The molecule has 0 radical (unpaired) electrons. The maximum absolute atomic E-state index is 12.8. The Labute approximate surface area is 139 Å². The molecule has 0 spiro atoms. The van der Waals surface area contributed by atoms with Crippen LogP contribution in [0.4, 0.5) is 0 Å². The molecule has 2 atom stereocenters. The molecule has 0 bridgehead atoms. The van der Waals surface area contributed by atoms with Crippen LogP contribution in [0.25, 0.3) is 5.69 Å². The highest BCUT2D eigenvalue weighted by atomic mass is 35.5. The van der Waals surface area contributed by atoms with E-state index in [1.807, 2.05) is 4.90 Å². The van der Waals surface area contributed by atoms with Gasteiger partial charge in [-0.25, -0.2) is 4.68 Å². The summed E-state index contributed by atoms with van der Waals surface area (Å²) in [7, 11) is 0. The van der Waals surface area contributed by atoms with Crippen LogP contribution in [0.2, 0.25) is 5.02 Å². The van der Waals surface area contributed by atoms with Gasteiger partial charge in [-0.05, 0) is 47.4 Å². The lowest BCUT2D eigenvalue weighted by Crippen LogP contribution is -2.49. The molecule has 1 aromatic heterocycles. The number of halogens is 1. The Balaban J connectivity index is 1.85. The van der Waals surface area contributed by atoms with Gasteiger partial charge in [0.1, 0.15) is 6.33 Å². The number of aromatic nitrogens is 4. The number of tetrazole rings is 1. The highest BCUT2D eigenvalue weighted by Crippen LogP contribution is 2.27. The third-order valence-electron chi connectivity index (χ3n) is 4.31. The number of carbonyl (C=O) groups is 1. The summed E-state index contributed by atoms with van der Waals surface area (Å²) in [5.74, 6) is 0.519. The fourth-order valence-electron chi connectivity index (χ4n) is 3.00. The molecule has 1 fully saturated rings. The van der Waals surface area contributed by atoms with E-state index in [1.165, 1.54) is 11.0 Å². The Morgan fingerprint density at radius 2 is 2.30 bits per heavy atom. The van der Waals surface area contributed by atoms with Crippen LogP contribution in [0.1, 0.15) is 30.1 Å². The van der Waals surface area contributed by atoms with E-state index in [0.717, 1.165) is 12.8 Å². The van der Waals surface area contributed by atoms with Crippen LogP contribution in [-0.4, -0.2) is 50.1 Å². The Kier molecular flexibility index (Phi) is 4.58. The van der Waals surface area contributed by atoms with Gasteiger partial charge in [0, 0.05) is 19.1 Å². The first kappa shape index (κ1) is 15.9. The molecule has 0 aliphatic carbocycles. The largest absolute Gasteiger partial charge is 0.334 e. The van der Waals surface area contributed by atoms with Crippen molar-refractivity contribution in [2.24, 2.45) is 11.7 Å². The van der Waals surface area contributed by atoms with Crippen molar-refractivity contribution >= 4 is 17.5 Å². The Bertz CT molecular complexity index is 689. The Morgan fingerprint density at radius 3 is 2.96 bits per heavy atom. The van der Waals surface area contributed by atoms with E-state index in [2.05, 4.69) is 22.4 Å². The molecule has 2 N–H and O–H groups in total. The molecule has 1 saturated heterocycles. The van der Waals surface area contributed by atoms with Crippen molar-refractivity contribution in [2.45, 2.75) is 25.8 Å². The van der Waals surface area contributed by atoms with Gasteiger partial charge in [0.05, 0.1) is 16.3 Å². The second-order valence-corrected chi connectivity index (χ2v) is 6.34. The molecule has 1 aliphatic rings. The summed E-state index contributed by atoms with van der Waals surface area (Å²) in [4.78, 5) is 14.7. The van der Waals surface area contributed by atoms with Crippen LogP contribution in [0.3, 0.4) is 0 Å². The zero-order valence-electron chi connectivity index (χ0n) is 12.9. The zero-order valence-corrected chi connectivity index (χ0v) is 13.6. The van der Waals surface area contributed by atoms with Gasteiger partial charge in [-0.15, -0.1) is 5.10 Å². The number of benzene rings is 1. The number of carbonyl (C=O) groups excluding carboxylic acids is 1. The predicted octanol–water partition coefficient (Wildman–Crippen LogP) is 1.52. The lowest BCUT2D eigenvalue weighted by atomic mass is 9.92. The number of hydrogen-bond donors (Lipinski definition) is 1. The second kappa shape index (κ2) is 6.64. The topological polar surface area (TPSA) is 89.9 Å². The van der Waals surface area contributed by atoms with E-state index in [9.17, 15) is 4.79 Å². The maximum atomic E-state index is 12.8. The summed E-state index contributed by atoms with van der Waals surface area (Å²) in [5.41, 5.74) is 7.04. The molecular formula is C15H19ClN6O. The van der Waals surface area contributed by atoms with Crippen molar-refractivity contribution in [3.05, 3.63) is 35.1 Å². The molecule has 1 aromatic carbocycles. The molecule has 0 saturated carbocycles. The van der Waals surface area contributed by atoms with Crippen LogP contribution in [-0.2, 0) is 0 Å². The molecule has 2 heterocycles. The van der Waals surface area contributed by atoms with E-state index in [4.69, 9.17) is 17.3 Å². The van der Waals surface area contributed by atoms with Crippen molar-refractivity contribution in [1.29, 1.82) is 0 Å². The number of nitrogens with two attached hydrogens (primary N) is 1. The van der Waals surface area contributed by atoms with Gasteiger partial charge in [-0.2, -0.15) is 0 Å². The highest BCUT2D eigenvalue weighted by Gasteiger charge is 2.30. The third-order valence-corrected chi connectivity index (χ3v) is 4.62. The highest BCUT2D eigenvalue weighted by molar-refractivity contribution is 6.34. The smallest absolute Gasteiger partial charge is 0.255 e. The van der Waals surface area contributed by atoms with Crippen LogP contribution >= 0.6 is 11.6 Å². The minimum Gasteiger partial charge on any atom is -0.334 e. The van der Waals surface area contributed by atoms with Gasteiger partial charge in [-0.3, -0.25) is 4.79 Å². The van der Waals surface area contributed by atoms with Crippen molar-refractivity contribution in [3.8, 4) is 5.69 Å². The van der Waals surface area contributed by atoms with Crippen LogP contribution < -0.4 is 5.73 Å². The van der Waals surface area contributed by atoms with Gasteiger partial charge in [0.25, 0.3) is 5.91 Å². The molecule has 1 aliphatic heterocycles.